The third-order valence-electron chi connectivity index (χ3n) is 2.10. The van der Waals surface area contributed by atoms with Gasteiger partial charge in [-0.15, -0.1) is 0 Å². The number of nitrogens with zero attached hydrogens (tertiary/aromatic N) is 1. The van der Waals surface area contributed by atoms with Crippen molar-refractivity contribution in [1.29, 1.82) is 0 Å². The standard InChI is InChI=1S/C11H9NO3/c1-12-9(15-11(14)10(12)13)7-8-5-3-2-4-6-8/h2-7H,1H3/b9-7+. The van der Waals surface area contributed by atoms with Crippen molar-refractivity contribution >= 4 is 18.0 Å². The van der Waals surface area contributed by atoms with Gasteiger partial charge < -0.3 is 4.74 Å². The Kier molecular flexibility index (Phi) is 2.25. The minimum atomic E-state index is -0.834. The summed E-state index contributed by atoms with van der Waals surface area (Å²) in [6.45, 7) is 0. The molecular weight excluding hydrogens is 194 g/mol. The van der Waals surface area contributed by atoms with Crippen molar-refractivity contribution in [1.82, 2.24) is 4.90 Å². The van der Waals surface area contributed by atoms with Gasteiger partial charge in [0.1, 0.15) is 0 Å². The Balaban J connectivity index is 2.30. The van der Waals surface area contributed by atoms with Crippen LogP contribution in [0, 0.1) is 0 Å². The maximum atomic E-state index is 11.1. The lowest BCUT2D eigenvalue weighted by Gasteiger charge is -2.05. The van der Waals surface area contributed by atoms with Gasteiger partial charge in [-0.05, 0) is 5.56 Å². The molecule has 1 aliphatic heterocycles. The van der Waals surface area contributed by atoms with Gasteiger partial charge in [0.2, 0.25) is 5.88 Å². The van der Waals surface area contributed by atoms with Crippen molar-refractivity contribution in [2.45, 2.75) is 0 Å². The fourth-order valence-electron chi connectivity index (χ4n) is 1.26. The van der Waals surface area contributed by atoms with E-state index in [0.29, 0.717) is 0 Å². The van der Waals surface area contributed by atoms with E-state index in [-0.39, 0.29) is 5.88 Å². The Hall–Kier alpha value is -2.10. The summed E-state index contributed by atoms with van der Waals surface area (Å²) in [6, 6.07) is 9.34. The van der Waals surface area contributed by atoms with Crippen LogP contribution in [-0.4, -0.2) is 23.8 Å². The number of amides is 1. The van der Waals surface area contributed by atoms with E-state index < -0.39 is 11.9 Å². The lowest BCUT2D eigenvalue weighted by atomic mass is 10.2. The maximum absolute atomic E-state index is 11.1. The lowest BCUT2D eigenvalue weighted by Crippen LogP contribution is -2.21. The fraction of sp³-hybridized carbons (Fsp3) is 0.0909. The first-order valence-electron chi connectivity index (χ1n) is 4.45. The molecule has 1 saturated heterocycles. The molecule has 0 aromatic heterocycles. The first kappa shape index (κ1) is 9.45. The van der Waals surface area contributed by atoms with Gasteiger partial charge in [0.05, 0.1) is 0 Å². The minimum absolute atomic E-state index is 0.260. The molecule has 0 spiro atoms. The third kappa shape index (κ3) is 1.74. The van der Waals surface area contributed by atoms with Gasteiger partial charge in [-0.2, -0.15) is 0 Å². The van der Waals surface area contributed by atoms with Crippen LogP contribution in [-0.2, 0) is 14.3 Å². The molecule has 4 heteroatoms. The molecule has 4 nitrogen and oxygen atoms in total. The van der Waals surface area contributed by atoms with E-state index in [9.17, 15) is 9.59 Å². The van der Waals surface area contributed by atoms with Crippen molar-refractivity contribution in [3.05, 3.63) is 41.8 Å². The molecule has 1 aromatic carbocycles. The van der Waals surface area contributed by atoms with Crippen molar-refractivity contribution in [2.24, 2.45) is 0 Å². The summed E-state index contributed by atoms with van der Waals surface area (Å²) in [5.41, 5.74) is 0.877. The highest BCUT2D eigenvalue weighted by atomic mass is 16.6. The highest BCUT2D eigenvalue weighted by Crippen LogP contribution is 2.17. The molecule has 1 fully saturated rings. The largest absolute Gasteiger partial charge is 0.404 e. The Morgan fingerprint density at radius 3 is 2.40 bits per heavy atom. The number of cyclic esters (lactones) is 1. The van der Waals surface area contributed by atoms with E-state index in [1.807, 2.05) is 30.3 Å². The number of hydrogen-bond acceptors (Lipinski definition) is 3. The van der Waals surface area contributed by atoms with Gasteiger partial charge in [-0.3, -0.25) is 9.69 Å². The summed E-state index contributed by atoms with van der Waals surface area (Å²) < 4.78 is 4.79. The molecule has 0 unspecified atom stereocenters. The van der Waals surface area contributed by atoms with E-state index in [4.69, 9.17) is 4.74 Å². The Morgan fingerprint density at radius 2 is 1.87 bits per heavy atom. The van der Waals surface area contributed by atoms with Crippen molar-refractivity contribution in [3.63, 3.8) is 0 Å². The second-order valence-corrected chi connectivity index (χ2v) is 3.15. The zero-order valence-corrected chi connectivity index (χ0v) is 8.14. The molecule has 0 radical (unpaired) electrons. The van der Waals surface area contributed by atoms with Gasteiger partial charge in [0, 0.05) is 13.1 Å². The Bertz CT molecular complexity index is 436. The molecule has 76 valence electrons. The molecule has 0 saturated carbocycles. The zero-order valence-electron chi connectivity index (χ0n) is 8.14. The molecule has 0 bridgehead atoms. The molecule has 15 heavy (non-hydrogen) atoms. The number of esters is 1. The van der Waals surface area contributed by atoms with Crippen LogP contribution in [0.4, 0.5) is 0 Å². The fourth-order valence-corrected chi connectivity index (χ4v) is 1.26. The van der Waals surface area contributed by atoms with E-state index in [1.54, 1.807) is 6.08 Å². The number of carbonyl (C=O) groups is 2. The second kappa shape index (κ2) is 3.57. The molecular formula is C11H9NO3. The number of benzene rings is 1. The van der Waals surface area contributed by atoms with Crippen molar-refractivity contribution < 1.29 is 14.3 Å². The van der Waals surface area contributed by atoms with Crippen LogP contribution in [0.15, 0.2) is 36.2 Å². The summed E-state index contributed by atoms with van der Waals surface area (Å²) in [4.78, 5) is 23.2. The summed E-state index contributed by atoms with van der Waals surface area (Å²) in [5.74, 6) is -1.21. The van der Waals surface area contributed by atoms with E-state index >= 15 is 0 Å². The zero-order chi connectivity index (χ0) is 10.8. The van der Waals surface area contributed by atoms with Gasteiger partial charge in [0.15, 0.2) is 0 Å². The number of carbonyl (C=O) groups excluding carboxylic acids is 2. The number of rotatable bonds is 1. The number of ether oxygens (including phenoxy) is 1. The van der Waals surface area contributed by atoms with Gasteiger partial charge >= 0.3 is 11.9 Å². The lowest BCUT2D eigenvalue weighted by molar-refractivity contribution is -0.147. The SMILES string of the molecule is CN1C(=O)C(=O)O/C1=C/c1ccccc1. The number of hydrogen-bond donors (Lipinski definition) is 0. The maximum Gasteiger partial charge on any atom is 0.404 e. The summed E-state index contributed by atoms with van der Waals surface area (Å²) in [7, 11) is 1.50. The topological polar surface area (TPSA) is 46.6 Å². The van der Waals surface area contributed by atoms with Crippen LogP contribution in [0.3, 0.4) is 0 Å². The normalized spacial score (nSPS) is 18.5. The average molecular weight is 203 g/mol. The van der Waals surface area contributed by atoms with E-state index in [0.717, 1.165) is 5.56 Å². The van der Waals surface area contributed by atoms with Gasteiger partial charge in [0.25, 0.3) is 0 Å². The molecule has 0 aliphatic carbocycles. The molecule has 0 atom stereocenters. The van der Waals surface area contributed by atoms with Gasteiger partial charge in [-0.1, -0.05) is 30.3 Å². The monoisotopic (exact) mass is 203 g/mol. The third-order valence-corrected chi connectivity index (χ3v) is 2.10. The highest BCUT2D eigenvalue weighted by molar-refractivity contribution is 6.35. The quantitative estimate of drug-likeness (QED) is 0.505. The van der Waals surface area contributed by atoms with Crippen LogP contribution in [0.5, 0.6) is 0 Å². The minimum Gasteiger partial charge on any atom is -0.402 e. The first-order valence-corrected chi connectivity index (χ1v) is 4.45. The van der Waals surface area contributed by atoms with Crippen LogP contribution >= 0.6 is 0 Å². The molecule has 1 aliphatic rings. The predicted molar refractivity (Wildman–Crippen MR) is 53.3 cm³/mol. The first-order chi connectivity index (χ1) is 7.18. The van der Waals surface area contributed by atoms with E-state index in [1.165, 1.54) is 11.9 Å². The van der Waals surface area contributed by atoms with Crippen LogP contribution in [0.1, 0.15) is 5.56 Å². The Morgan fingerprint density at radius 1 is 1.20 bits per heavy atom. The predicted octanol–water partition coefficient (Wildman–Crippen LogP) is 1.00. The van der Waals surface area contributed by atoms with Gasteiger partial charge in [-0.25, -0.2) is 4.79 Å². The molecule has 1 heterocycles. The second-order valence-electron chi connectivity index (χ2n) is 3.15. The van der Waals surface area contributed by atoms with Crippen LogP contribution < -0.4 is 0 Å². The smallest absolute Gasteiger partial charge is 0.402 e. The van der Waals surface area contributed by atoms with Crippen molar-refractivity contribution in [3.8, 4) is 0 Å². The van der Waals surface area contributed by atoms with E-state index in [2.05, 4.69) is 0 Å². The summed E-state index contributed by atoms with van der Waals surface area (Å²) >= 11 is 0. The molecule has 1 amide bonds. The molecule has 2 rings (SSSR count). The Labute approximate surface area is 86.8 Å². The van der Waals surface area contributed by atoms with Crippen LogP contribution in [0.25, 0.3) is 6.08 Å². The molecule has 1 aromatic rings. The number of likely N-dealkylation sites (N-methyl/N-ethyl adjacent to an activating group) is 1. The van der Waals surface area contributed by atoms with Crippen LogP contribution in [0.2, 0.25) is 0 Å². The summed E-state index contributed by atoms with van der Waals surface area (Å²) in [5, 5.41) is 0. The van der Waals surface area contributed by atoms with Crippen molar-refractivity contribution in [2.75, 3.05) is 7.05 Å². The highest BCUT2D eigenvalue weighted by Gasteiger charge is 2.33. The summed E-state index contributed by atoms with van der Waals surface area (Å²) in [6.07, 6.45) is 1.64. The average Bonchev–Trinajstić information content (AvgIpc) is 2.48. The molecule has 0 N–H and O–H groups in total.